The summed E-state index contributed by atoms with van der Waals surface area (Å²) in [5.41, 5.74) is 0.981. The maximum Gasteiger partial charge on any atom is 0.249 e. The Morgan fingerprint density at radius 1 is 1.23 bits per heavy atom. The minimum absolute atomic E-state index is 0.00466. The summed E-state index contributed by atoms with van der Waals surface area (Å²) in [5, 5.41) is 7.42. The van der Waals surface area contributed by atoms with E-state index in [1.807, 2.05) is 15.6 Å². The Morgan fingerprint density at radius 2 is 2.08 bits per heavy atom. The van der Waals surface area contributed by atoms with Gasteiger partial charge in [0.05, 0.1) is 24.8 Å². The number of rotatable bonds is 4. The van der Waals surface area contributed by atoms with Crippen LogP contribution < -0.4 is 5.32 Å². The lowest BCUT2D eigenvalue weighted by Crippen LogP contribution is -2.40. The molecule has 0 radical (unpaired) electrons. The number of aromatic nitrogens is 2. The molecule has 0 spiro atoms. The molecule has 0 saturated carbocycles. The highest BCUT2D eigenvalue weighted by atomic mass is 16.5. The lowest BCUT2D eigenvalue weighted by molar-refractivity contribution is -0.128. The van der Waals surface area contributed by atoms with Crippen molar-refractivity contribution >= 4 is 17.6 Å². The van der Waals surface area contributed by atoms with Gasteiger partial charge in [-0.05, 0) is 38.5 Å². The number of carbonyl (C=O) groups excluding carboxylic acids is 2. The SMILES string of the molecule is O=C(Nc1ccnn1C1CCN(C(=O)C2=CCCC2)CC1)[C@@H]1CCOC1. The lowest BCUT2D eigenvalue weighted by atomic mass is 10.0. The third-order valence-corrected chi connectivity index (χ3v) is 5.64. The van der Waals surface area contributed by atoms with Crippen LogP contribution in [0.1, 0.15) is 44.6 Å². The summed E-state index contributed by atoms with van der Waals surface area (Å²) in [4.78, 5) is 26.8. The number of nitrogens with zero attached hydrogens (tertiary/aromatic N) is 3. The van der Waals surface area contributed by atoms with Crippen molar-refractivity contribution in [1.29, 1.82) is 0 Å². The van der Waals surface area contributed by atoms with Crippen LogP contribution in [0.2, 0.25) is 0 Å². The number of likely N-dealkylation sites (tertiary alicyclic amines) is 1. The van der Waals surface area contributed by atoms with Gasteiger partial charge < -0.3 is 15.0 Å². The van der Waals surface area contributed by atoms with Crippen molar-refractivity contribution in [2.75, 3.05) is 31.6 Å². The van der Waals surface area contributed by atoms with E-state index in [2.05, 4.69) is 16.5 Å². The van der Waals surface area contributed by atoms with Crippen molar-refractivity contribution < 1.29 is 14.3 Å². The summed E-state index contributed by atoms with van der Waals surface area (Å²) in [6.45, 7) is 2.63. The molecule has 7 heteroatoms. The quantitative estimate of drug-likeness (QED) is 0.895. The molecule has 3 heterocycles. The van der Waals surface area contributed by atoms with E-state index in [1.54, 1.807) is 6.20 Å². The van der Waals surface area contributed by atoms with E-state index in [4.69, 9.17) is 4.74 Å². The summed E-state index contributed by atoms with van der Waals surface area (Å²) in [6.07, 6.45) is 9.34. The highest BCUT2D eigenvalue weighted by Gasteiger charge is 2.29. The fraction of sp³-hybridized carbons (Fsp3) is 0.632. The van der Waals surface area contributed by atoms with Gasteiger partial charge in [-0.1, -0.05) is 6.08 Å². The van der Waals surface area contributed by atoms with E-state index in [1.165, 1.54) is 0 Å². The summed E-state index contributed by atoms with van der Waals surface area (Å²) >= 11 is 0. The van der Waals surface area contributed by atoms with Crippen molar-refractivity contribution in [2.24, 2.45) is 5.92 Å². The molecule has 2 fully saturated rings. The molecule has 1 aromatic rings. The Labute approximate surface area is 153 Å². The van der Waals surface area contributed by atoms with E-state index >= 15 is 0 Å². The van der Waals surface area contributed by atoms with Gasteiger partial charge in [0.2, 0.25) is 11.8 Å². The average Bonchev–Trinajstić information content (AvgIpc) is 3.43. The molecular formula is C19H26N4O3. The fourth-order valence-corrected chi connectivity index (χ4v) is 4.06. The second kappa shape index (κ2) is 7.61. The number of ether oxygens (including phenoxy) is 1. The van der Waals surface area contributed by atoms with Crippen LogP contribution in [0.3, 0.4) is 0 Å². The van der Waals surface area contributed by atoms with E-state index in [-0.39, 0.29) is 23.8 Å². The number of amides is 2. The van der Waals surface area contributed by atoms with Crippen LogP contribution in [0, 0.1) is 5.92 Å². The maximum absolute atomic E-state index is 12.5. The van der Waals surface area contributed by atoms with Gasteiger partial charge in [0.25, 0.3) is 0 Å². The Balaban J connectivity index is 1.35. The second-order valence-corrected chi connectivity index (χ2v) is 7.36. The maximum atomic E-state index is 12.5. The van der Waals surface area contributed by atoms with Crippen molar-refractivity contribution in [2.45, 2.75) is 44.6 Å². The largest absolute Gasteiger partial charge is 0.381 e. The number of anilines is 1. The van der Waals surface area contributed by atoms with Crippen LogP contribution in [0.4, 0.5) is 5.82 Å². The van der Waals surface area contributed by atoms with E-state index < -0.39 is 0 Å². The summed E-state index contributed by atoms with van der Waals surface area (Å²) < 4.78 is 7.20. The number of hydrogen-bond donors (Lipinski definition) is 1. The normalized spacial score (nSPS) is 23.9. The van der Waals surface area contributed by atoms with Gasteiger partial charge in [0.15, 0.2) is 0 Å². The van der Waals surface area contributed by atoms with Crippen LogP contribution in [0.25, 0.3) is 0 Å². The molecule has 4 rings (SSSR count). The molecule has 1 aliphatic carbocycles. The number of nitrogens with one attached hydrogen (secondary N) is 1. The van der Waals surface area contributed by atoms with Crippen LogP contribution >= 0.6 is 0 Å². The summed E-state index contributed by atoms with van der Waals surface area (Å²) in [7, 11) is 0. The van der Waals surface area contributed by atoms with Gasteiger partial charge >= 0.3 is 0 Å². The third-order valence-electron chi connectivity index (χ3n) is 5.64. The molecule has 7 nitrogen and oxygen atoms in total. The molecule has 2 amide bonds. The zero-order chi connectivity index (χ0) is 17.9. The molecule has 0 unspecified atom stereocenters. The molecule has 2 aliphatic heterocycles. The first-order valence-electron chi connectivity index (χ1n) is 9.63. The van der Waals surface area contributed by atoms with Gasteiger partial charge in [0.1, 0.15) is 5.82 Å². The van der Waals surface area contributed by atoms with Crippen LogP contribution in [0.5, 0.6) is 0 Å². The topological polar surface area (TPSA) is 76.5 Å². The first-order chi connectivity index (χ1) is 12.7. The number of piperidine rings is 1. The number of hydrogen-bond acceptors (Lipinski definition) is 4. The zero-order valence-electron chi connectivity index (χ0n) is 15.0. The molecule has 2 saturated heterocycles. The first kappa shape index (κ1) is 17.3. The minimum atomic E-state index is -0.0718. The predicted octanol–water partition coefficient (Wildman–Crippen LogP) is 2.13. The van der Waals surface area contributed by atoms with Crippen LogP contribution in [0.15, 0.2) is 23.9 Å². The van der Waals surface area contributed by atoms with Crippen molar-refractivity contribution in [3.8, 4) is 0 Å². The average molecular weight is 358 g/mol. The van der Waals surface area contributed by atoms with Crippen molar-refractivity contribution in [3.05, 3.63) is 23.9 Å². The first-order valence-corrected chi connectivity index (χ1v) is 9.63. The predicted molar refractivity (Wildman–Crippen MR) is 96.6 cm³/mol. The van der Waals surface area contributed by atoms with Gasteiger partial charge in [-0.2, -0.15) is 5.10 Å². The minimum Gasteiger partial charge on any atom is -0.381 e. The molecule has 26 heavy (non-hydrogen) atoms. The second-order valence-electron chi connectivity index (χ2n) is 7.36. The third kappa shape index (κ3) is 3.53. The fourth-order valence-electron chi connectivity index (χ4n) is 4.06. The molecule has 1 aromatic heterocycles. The summed E-state index contributed by atoms with van der Waals surface area (Å²) in [5.74, 6) is 0.879. The Morgan fingerprint density at radius 3 is 2.77 bits per heavy atom. The molecule has 0 bridgehead atoms. The highest BCUT2D eigenvalue weighted by molar-refractivity contribution is 5.94. The van der Waals surface area contributed by atoms with Crippen molar-refractivity contribution in [3.63, 3.8) is 0 Å². The molecule has 0 aromatic carbocycles. The molecule has 1 atom stereocenters. The molecule has 140 valence electrons. The highest BCUT2D eigenvalue weighted by Crippen LogP contribution is 2.28. The monoisotopic (exact) mass is 358 g/mol. The van der Waals surface area contributed by atoms with E-state index in [0.29, 0.717) is 13.2 Å². The van der Waals surface area contributed by atoms with Gasteiger partial charge in [-0.25, -0.2) is 4.68 Å². The Kier molecular flexibility index (Phi) is 5.06. The Hall–Kier alpha value is -2.15. The van der Waals surface area contributed by atoms with Crippen LogP contribution in [-0.2, 0) is 14.3 Å². The standard InChI is InChI=1S/C19H26N4O3/c24-18(15-8-12-26-13-15)21-17-5-9-20-23(17)16-6-10-22(11-7-16)19(25)14-3-1-2-4-14/h3,5,9,15-16H,1-2,4,6-8,10-13H2,(H,21,24)/t15-/m1/s1. The number of carbonyl (C=O) groups is 2. The van der Waals surface area contributed by atoms with E-state index in [0.717, 1.165) is 63.0 Å². The molecule has 3 aliphatic rings. The zero-order valence-corrected chi connectivity index (χ0v) is 15.0. The van der Waals surface area contributed by atoms with Gasteiger partial charge in [-0.3, -0.25) is 9.59 Å². The number of allylic oxidation sites excluding steroid dienone is 1. The van der Waals surface area contributed by atoms with Crippen molar-refractivity contribution in [1.82, 2.24) is 14.7 Å². The van der Waals surface area contributed by atoms with Crippen LogP contribution in [-0.4, -0.2) is 52.8 Å². The van der Waals surface area contributed by atoms with E-state index in [9.17, 15) is 9.59 Å². The molecular weight excluding hydrogens is 332 g/mol. The van der Waals surface area contributed by atoms with Gasteiger partial charge in [-0.15, -0.1) is 0 Å². The smallest absolute Gasteiger partial charge is 0.249 e. The Bertz CT molecular complexity index is 697. The summed E-state index contributed by atoms with van der Waals surface area (Å²) in [6, 6.07) is 2.05. The lowest BCUT2D eigenvalue weighted by Gasteiger charge is -2.33. The van der Waals surface area contributed by atoms with Gasteiger partial charge in [0, 0.05) is 31.3 Å². The molecule has 1 N–H and O–H groups in total.